The highest BCUT2D eigenvalue weighted by Gasteiger charge is 2.35. The van der Waals surface area contributed by atoms with Gasteiger partial charge in [-0.1, -0.05) is 0 Å². The SMILES string of the molecule is COc1cc(NC(=O)N2CC(O)C(OC(C)C)C2)cc(OC)c1OC. The number of β-amino-alcohol motifs (C(OH)–C–C–N with tert-alkyl or cyclic N) is 1. The second-order valence-corrected chi connectivity index (χ2v) is 6.04. The van der Waals surface area contributed by atoms with Gasteiger partial charge in [-0.05, 0) is 13.8 Å². The van der Waals surface area contributed by atoms with Crippen LogP contribution < -0.4 is 19.5 Å². The van der Waals surface area contributed by atoms with E-state index in [-0.39, 0.29) is 24.8 Å². The molecule has 2 atom stereocenters. The van der Waals surface area contributed by atoms with Crippen molar-refractivity contribution in [1.82, 2.24) is 4.90 Å². The molecule has 0 bridgehead atoms. The highest BCUT2D eigenvalue weighted by molar-refractivity contribution is 5.90. The summed E-state index contributed by atoms with van der Waals surface area (Å²) in [6.07, 6.45) is -1.10. The minimum atomic E-state index is -0.701. The van der Waals surface area contributed by atoms with Crippen LogP contribution in [0, 0.1) is 0 Å². The summed E-state index contributed by atoms with van der Waals surface area (Å²) in [4.78, 5) is 14.0. The Balaban J connectivity index is 2.10. The number of urea groups is 1. The molecule has 1 aromatic carbocycles. The predicted molar refractivity (Wildman–Crippen MR) is 92.7 cm³/mol. The van der Waals surface area contributed by atoms with Crippen molar-refractivity contribution in [2.45, 2.75) is 32.2 Å². The van der Waals surface area contributed by atoms with E-state index in [0.29, 0.717) is 29.5 Å². The molecule has 0 aromatic heterocycles. The highest BCUT2D eigenvalue weighted by Crippen LogP contribution is 2.40. The van der Waals surface area contributed by atoms with Gasteiger partial charge in [0.2, 0.25) is 5.75 Å². The minimum absolute atomic E-state index is 0.0160. The number of hydrogen-bond donors (Lipinski definition) is 2. The number of nitrogens with one attached hydrogen (secondary N) is 1. The summed E-state index contributed by atoms with van der Waals surface area (Å²) < 4.78 is 21.4. The number of rotatable bonds is 6. The zero-order chi connectivity index (χ0) is 18.6. The van der Waals surface area contributed by atoms with E-state index >= 15 is 0 Å². The molecule has 1 aliphatic heterocycles. The Morgan fingerprint density at radius 2 is 1.76 bits per heavy atom. The fraction of sp³-hybridized carbons (Fsp3) is 0.588. The smallest absolute Gasteiger partial charge is 0.322 e. The molecule has 0 radical (unpaired) electrons. The zero-order valence-electron chi connectivity index (χ0n) is 15.2. The van der Waals surface area contributed by atoms with Gasteiger partial charge in [-0.3, -0.25) is 0 Å². The molecule has 2 unspecified atom stereocenters. The summed E-state index contributed by atoms with van der Waals surface area (Å²) in [7, 11) is 4.53. The third kappa shape index (κ3) is 4.46. The number of benzene rings is 1. The fourth-order valence-electron chi connectivity index (χ4n) is 2.76. The second-order valence-electron chi connectivity index (χ2n) is 6.04. The van der Waals surface area contributed by atoms with Gasteiger partial charge in [0.05, 0.1) is 52.3 Å². The number of carbonyl (C=O) groups excluding carboxylic acids is 1. The van der Waals surface area contributed by atoms with Crippen LogP contribution in [-0.4, -0.2) is 68.8 Å². The zero-order valence-corrected chi connectivity index (χ0v) is 15.2. The molecule has 1 heterocycles. The fourth-order valence-corrected chi connectivity index (χ4v) is 2.76. The quantitative estimate of drug-likeness (QED) is 0.808. The molecular formula is C17H26N2O6. The van der Waals surface area contributed by atoms with Crippen LogP contribution in [-0.2, 0) is 4.74 Å². The molecule has 8 heteroatoms. The lowest BCUT2D eigenvalue weighted by Crippen LogP contribution is -2.34. The predicted octanol–water partition coefficient (Wildman–Crippen LogP) is 1.71. The van der Waals surface area contributed by atoms with Gasteiger partial charge in [-0.2, -0.15) is 0 Å². The third-order valence-corrected chi connectivity index (χ3v) is 3.89. The Labute approximate surface area is 147 Å². The van der Waals surface area contributed by atoms with Crippen LogP contribution in [0.2, 0.25) is 0 Å². The number of nitrogens with zero attached hydrogens (tertiary/aromatic N) is 1. The molecule has 1 aromatic rings. The standard InChI is InChI=1S/C17H26N2O6/c1-10(2)25-15-9-19(8-12(15)20)17(21)18-11-6-13(22-3)16(24-5)14(7-11)23-4/h6-7,10,12,15,20H,8-9H2,1-5H3,(H,18,21). The van der Waals surface area contributed by atoms with Crippen molar-refractivity contribution < 1.29 is 28.8 Å². The Morgan fingerprint density at radius 3 is 2.24 bits per heavy atom. The Morgan fingerprint density at radius 1 is 1.16 bits per heavy atom. The van der Waals surface area contributed by atoms with Crippen molar-refractivity contribution in [2.24, 2.45) is 0 Å². The Kier molecular flexibility index (Phi) is 6.33. The monoisotopic (exact) mass is 354 g/mol. The number of methoxy groups -OCH3 is 3. The molecule has 1 aliphatic rings. The lowest BCUT2D eigenvalue weighted by molar-refractivity contribution is -0.0393. The molecule has 8 nitrogen and oxygen atoms in total. The summed E-state index contributed by atoms with van der Waals surface area (Å²) in [5.41, 5.74) is 0.502. The number of amides is 2. The van der Waals surface area contributed by atoms with Crippen LogP contribution in [0.5, 0.6) is 17.2 Å². The molecule has 2 amide bonds. The van der Waals surface area contributed by atoms with E-state index in [1.165, 1.54) is 26.2 Å². The van der Waals surface area contributed by atoms with Crippen LogP contribution in [0.15, 0.2) is 12.1 Å². The van der Waals surface area contributed by atoms with E-state index in [4.69, 9.17) is 18.9 Å². The molecule has 0 aliphatic carbocycles. The molecule has 0 saturated carbocycles. The topological polar surface area (TPSA) is 89.5 Å². The lowest BCUT2D eigenvalue weighted by Gasteiger charge is -2.19. The molecule has 0 spiro atoms. The van der Waals surface area contributed by atoms with Crippen LogP contribution >= 0.6 is 0 Å². The summed E-state index contributed by atoms with van der Waals surface area (Å²) in [6, 6.07) is 2.96. The first-order chi connectivity index (χ1) is 11.9. The lowest BCUT2D eigenvalue weighted by atomic mass is 10.2. The van der Waals surface area contributed by atoms with E-state index in [0.717, 1.165) is 0 Å². The summed E-state index contributed by atoms with van der Waals surface area (Å²) in [6.45, 7) is 4.33. The number of carbonyl (C=O) groups is 1. The first-order valence-electron chi connectivity index (χ1n) is 8.09. The number of likely N-dealkylation sites (tertiary alicyclic amines) is 1. The maximum Gasteiger partial charge on any atom is 0.322 e. The Hall–Kier alpha value is -2.19. The van der Waals surface area contributed by atoms with Gasteiger partial charge < -0.3 is 34.3 Å². The maximum absolute atomic E-state index is 12.5. The van der Waals surface area contributed by atoms with Crippen molar-refractivity contribution in [1.29, 1.82) is 0 Å². The average Bonchev–Trinajstić information content (AvgIpc) is 2.94. The Bertz CT molecular complexity index is 582. The summed E-state index contributed by atoms with van der Waals surface area (Å²) in [5, 5.41) is 12.8. The van der Waals surface area contributed by atoms with Gasteiger partial charge in [0, 0.05) is 12.1 Å². The molecular weight excluding hydrogens is 328 g/mol. The van der Waals surface area contributed by atoms with Crippen LogP contribution in [0.3, 0.4) is 0 Å². The molecule has 1 saturated heterocycles. The highest BCUT2D eigenvalue weighted by atomic mass is 16.5. The number of anilines is 1. The maximum atomic E-state index is 12.5. The van der Waals surface area contributed by atoms with Crippen molar-refractivity contribution in [3.63, 3.8) is 0 Å². The van der Waals surface area contributed by atoms with Crippen molar-refractivity contribution in [3.05, 3.63) is 12.1 Å². The largest absolute Gasteiger partial charge is 0.493 e. The van der Waals surface area contributed by atoms with Gasteiger partial charge in [0.15, 0.2) is 11.5 Å². The minimum Gasteiger partial charge on any atom is -0.493 e. The van der Waals surface area contributed by atoms with Crippen molar-refractivity contribution in [2.75, 3.05) is 39.7 Å². The van der Waals surface area contributed by atoms with Crippen LogP contribution in [0.25, 0.3) is 0 Å². The van der Waals surface area contributed by atoms with Gasteiger partial charge in [0.1, 0.15) is 6.10 Å². The number of ether oxygens (including phenoxy) is 4. The van der Waals surface area contributed by atoms with E-state index in [2.05, 4.69) is 5.32 Å². The van der Waals surface area contributed by atoms with Crippen LogP contribution in [0.4, 0.5) is 10.5 Å². The van der Waals surface area contributed by atoms with Crippen LogP contribution in [0.1, 0.15) is 13.8 Å². The van der Waals surface area contributed by atoms with E-state index in [1.54, 1.807) is 12.1 Å². The van der Waals surface area contributed by atoms with E-state index in [1.807, 2.05) is 13.8 Å². The summed E-state index contributed by atoms with van der Waals surface area (Å²) >= 11 is 0. The molecule has 1 fully saturated rings. The van der Waals surface area contributed by atoms with E-state index in [9.17, 15) is 9.90 Å². The molecule has 140 valence electrons. The summed E-state index contributed by atoms with van der Waals surface area (Å²) in [5.74, 6) is 1.34. The first kappa shape index (κ1) is 19.1. The molecule has 25 heavy (non-hydrogen) atoms. The third-order valence-electron chi connectivity index (χ3n) is 3.89. The molecule has 2 N–H and O–H groups in total. The first-order valence-corrected chi connectivity index (χ1v) is 8.09. The normalized spacial score (nSPS) is 19.9. The van der Waals surface area contributed by atoms with Crippen molar-refractivity contribution >= 4 is 11.7 Å². The van der Waals surface area contributed by atoms with Crippen molar-refractivity contribution in [3.8, 4) is 17.2 Å². The van der Waals surface area contributed by atoms with Gasteiger partial charge >= 0.3 is 6.03 Å². The second kappa shape index (κ2) is 8.26. The number of hydrogen-bond acceptors (Lipinski definition) is 6. The van der Waals surface area contributed by atoms with Gasteiger partial charge in [0.25, 0.3) is 0 Å². The number of aliphatic hydroxyl groups excluding tert-OH is 1. The average molecular weight is 354 g/mol. The molecule has 2 rings (SSSR count). The van der Waals surface area contributed by atoms with Gasteiger partial charge in [-0.25, -0.2) is 4.79 Å². The number of aliphatic hydroxyl groups is 1. The van der Waals surface area contributed by atoms with Gasteiger partial charge in [-0.15, -0.1) is 0 Å². The van der Waals surface area contributed by atoms with E-state index < -0.39 is 6.10 Å².